The molecular formula is C19H14F2O. The van der Waals surface area contributed by atoms with Gasteiger partial charge in [0.25, 0.3) is 0 Å². The summed E-state index contributed by atoms with van der Waals surface area (Å²) in [7, 11) is 0. The molecule has 0 aliphatic heterocycles. The second-order valence-electron chi connectivity index (χ2n) is 5.04. The maximum Gasteiger partial charge on any atom is 0.146 e. The summed E-state index contributed by atoms with van der Waals surface area (Å²) in [5.74, 6) is -1.17. The smallest absolute Gasteiger partial charge is 0.146 e. The fourth-order valence-corrected chi connectivity index (χ4v) is 2.64. The van der Waals surface area contributed by atoms with Crippen LogP contribution in [0.25, 0.3) is 0 Å². The molecule has 0 aliphatic carbocycles. The lowest BCUT2D eigenvalue weighted by molar-refractivity contribution is 0.117. The zero-order chi connectivity index (χ0) is 15.6. The molecule has 1 N–H and O–H groups in total. The van der Waals surface area contributed by atoms with E-state index in [2.05, 4.69) is 0 Å². The second kappa shape index (κ2) is 5.70. The van der Waals surface area contributed by atoms with Crippen LogP contribution in [0.15, 0.2) is 78.9 Å². The highest BCUT2D eigenvalue weighted by molar-refractivity contribution is 5.47. The van der Waals surface area contributed by atoms with E-state index in [0.29, 0.717) is 5.56 Å². The molecule has 22 heavy (non-hydrogen) atoms. The van der Waals surface area contributed by atoms with Crippen molar-refractivity contribution < 1.29 is 13.9 Å². The molecule has 0 aromatic heterocycles. The Morgan fingerprint density at radius 3 is 1.45 bits per heavy atom. The van der Waals surface area contributed by atoms with E-state index in [1.807, 2.05) is 0 Å². The minimum atomic E-state index is -1.89. The first kappa shape index (κ1) is 14.4. The molecule has 0 heterocycles. The average molecular weight is 296 g/mol. The van der Waals surface area contributed by atoms with Crippen molar-refractivity contribution in [3.8, 4) is 0 Å². The number of hydrogen-bond acceptors (Lipinski definition) is 1. The summed E-state index contributed by atoms with van der Waals surface area (Å²) < 4.78 is 28.6. The molecule has 3 aromatic carbocycles. The third-order valence-corrected chi connectivity index (χ3v) is 3.72. The molecule has 3 heteroatoms. The Labute approximate surface area is 127 Å². The largest absolute Gasteiger partial charge is 0.376 e. The van der Waals surface area contributed by atoms with Gasteiger partial charge < -0.3 is 5.11 Å². The van der Waals surface area contributed by atoms with Crippen LogP contribution in [0.5, 0.6) is 0 Å². The average Bonchev–Trinajstić information content (AvgIpc) is 2.56. The van der Waals surface area contributed by atoms with E-state index in [1.54, 1.807) is 42.5 Å². The molecule has 0 saturated carbocycles. The molecule has 0 radical (unpaired) electrons. The van der Waals surface area contributed by atoms with Crippen molar-refractivity contribution in [1.29, 1.82) is 0 Å². The monoisotopic (exact) mass is 296 g/mol. The molecule has 0 unspecified atom stereocenters. The highest BCUT2D eigenvalue weighted by atomic mass is 19.1. The third-order valence-electron chi connectivity index (χ3n) is 3.72. The van der Waals surface area contributed by atoms with Crippen molar-refractivity contribution in [3.05, 3.63) is 107 Å². The summed E-state index contributed by atoms with van der Waals surface area (Å²) in [6.07, 6.45) is 0. The quantitative estimate of drug-likeness (QED) is 0.716. The normalized spacial score (nSPS) is 11.4. The zero-order valence-electron chi connectivity index (χ0n) is 11.7. The topological polar surface area (TPSA) is 20.2 Å². The lowest BCUT2D eigenvalue weighted by atomic mass is 9.80. The van der Waals surface area contributed by atoms with E-state index < -0.39 is 17.2 Å². The van der Waals surface area contributed by atoms with Crippen LogP contribution in [0, 0.1) is 11.6 Å². The maximum atomic E-state index is 14.3. The summed E-state index contributed by atoms with van der Waals surface area (Å²) >= 11 is 0. The summed E-state index contributed by atoms with van der Waals surface area (Å²) in [6, 6.07) is 20.3. The van der Waals surface area contributed by atoms with Crippen LogP contribution >= 0.6 is 0 Å². The molecule has 0 amide bonds. The van der Waals surface area contributed by atoms with Gasteiger partial charge in [0, 0.05) is 11.1 Å². The van der Waals surface area contributed by atoms with Gasteiger partial charge in [-0.25, -0.2) is 8.78 Å². The van der Waals surface area contributed by atoms with Crippen molar-refractivity contribution in [1.82, 2.24) is 0 Å². The van der Waals surface area contributed by atoms with Crippen molar-refractivity contribution in [2.24, 2.45) is 0 Å². The van der Waals surface area contributed by atoms with Crippen molar-refractivity contribution >= 4 is 0 Å². The first-order valence-electron chi connectivity index (χ1n) is 6.92. The van der Waals surface area contributed by atoms with Crippen LogP contribution in [-0.4, -0.2) is 5.11 Å². The summed E-state index contributed by atoms with van der Waals surface area (Å²) in [5.41, 5.74) is -1.44. The van der Waals surface area contributed by atoms with Gasteiger partial charge >= 0.3 is 0 Å². The summed E-state index contributed by atoms with van der Waals surface area (Å²) in [6.45, 7) is 0. The number of hydrogen-bond donors (Lipinski definition) is 1. The standard InChI is InChI=1S/C19H14F2O/c20-17-12-6-4-10-15(17)19(22,14-8-2-1-3-9-14)16-11-5-7-13-18(16)21/h1-13,22H. The van der Waals surface area contributed by atoms with Gasteiger partial charge in [-0.15, -0.1) is 0 Å². The molecular weight excluding hydrogens is 282 g/mol. The Morgan fingerprint density at radius 1 is 0.591 bits per heavy atom. The number of halogens is 2. The van der Waals surface area contributed by atoms with E-state index in [0.717, 1.165) is 0 Å². The van der Waals surface area contributed by atoms with Crippen LogP contribution in [0.4, 0.5) is 8.78 Å². The molecule has 110 valence electrons. The van der Waals surface area contributed by atoms with Crippen molar-refractivity contribution in [2.75, 3.05) is 0 Å². The third kappa shape index (κ3) is 2.30. The van der Waals surface area contributed by atoms with Gasteiger partial charge in [-0.3, -0.25) is 0 Å². The van der Waals surface area contributed by atoms with Crippen LogP contribution in [0.2, 0.25) is 0 Å². The Morgan fingerprint density at radius 2 is 1.00 bits per heavy atom. The maximum absolute atomic E-state index is 14.3. The Balaban J connectivity index is 2.33. The van der Waals surface area contributed by atoms with Crippen LogP contribution < -0.4 is 0 Å². The molecule has 0 aliphatic rings. The molecule has 0 atom stereocenters. The predicted molar refractivity (Wildman–Crippen MR) is 81.3 cm³/mol. The first-order chi connectivity index (χ1) is 10.6. The van der Waals surface area contributed by atoms with Gasteiger partial charge in [-0.05, 0) is 17.7 Å². The van der Waals surface area contributed by atoms with Gasteiger partial charge in [-0.1, -0.05) is 66.7 Å². The number of aliphatic hydroxyl groups is 1. The molecule has 0 spiro atoms. The van der Waals surface area contributed by atoms with E-state index in [1.165, 1.54) is 36.4 Å². The van der Waals surface area contributed by atoms with E-state index in [-0.39, 0.29) is 11.1 Å². The minimum Gasteiger partial charge on any atom is -0.376 e. The van der Waals surface area contributed by atoms with Gasteiger partial charge in [-0.2, -0.15) is 0 Å². The van der Waals surface area contributed by atoms with E-state index >= 15 is 0 Å². The molecule has 0 saturated heterocycles. The fourth-order valence-electron chi connectivity index (χ4n) is 2.64. The second-order valence-corrected chi connectivity index (χ2v) is 5.04. The number of rotatable bonds is 3. The van der Waals surface area contributed by atoms with Crippen LogP contribution in [0.1, 0.15) is 16.7 Å². The van der Waals surface area contributed by atoms with E-state index in [4.69, 9.17) is 0 Å². The fraction of sp³-hybridized carbons (Fsp3) is 0.0526. The SMILES string of the molecule is OC(c1ccccc1)(c1ccccc1F)c1ccccc1F. The Bertz CT molecular complexity index is 739. The minimum absolute atomic E-state index is 0.0197. The lowest BCUT2D eigenvalue weighted by Crippen LogP contribution is -2.31. The van der Waals surface area contributed by atoms with Gasteiger partial charge in [0.05, 0.1) is 0 Å². The zero-order valence-corrected chi connectivity index (χ0v) is 11.7. The van der Waals surface area contributed by atoms with Gasteiger partial charge in [0.15, 0.2) is 0 Å². The Hall–Kier alpha value is -2.52. The van der Waals surface area contributed by atoms with Crippen LogP contribution in [0.3, 0.4) is 0 Å². The first-order valence-corrected chi connectivity index (χ1v) is 6.92. The molecule has 0 fully saturated rings. The van der Waals surface area contributed by atoms with Gasteiger partial charge in [0.1, 0.15) is 17.2 Å². The van der Waals surface area contributed by atoms with Crippen molar-refractivity contribution in [3.63, 3.8) is 0 Å². The molecule has 1 nitrogen and oxygen atoms in total. The lowest BCUT2D eigenvalue weighted by Gasteiger charge is -2.30. The predicted octanol–water partition coefficient (Wildman–Crippen LogP) is 4.25. The molecule has 3 aromatic rings. The molecule has 0 bridgehead atoms. The Kier molecular flexibility index (Phi) is 3.73. The summed E-state index contributed by atoms with van der Waals surface area (Å²) in [5, 5.41) is 11.3. The highest BCUT2D eigenvalue weighted by Crippen LogP contribution is 2.38. The molecule has 3 rings (SSSR count). The van der Waals surface area contributed by atoms with E-state index in [9.17, 15) is 13.9 Å². The summed E-state index contributed by atoms with van der Waals surface area (Å²) in [4.78, 5) is 0. The van der Waals surface area contributed by atoms with Gasteiger partial charge in [0.2, 0.25) is 0 Å². The highest BCUT2D eigenvalue weighted by Gasteiger charge is 2.38. The van der Waals surface area contributed by atoms with Crippen molar-refractivity contribution in [2.45, 2.75) is 5.60 Å². The number of benzene rings is 3. The van der Waals surface area contributed by atoms with Crippen LogP contribution in [-0.2, 0) is 5.60 Å².